The second kappa shape index (κ2) is 8.43. The molecule has 1 aromatic carbocycles. The van der Waals surface area contributed by atoms with Crippen LogP contribution in [0.25, 0.3) is 0 Å². The van der Waals surface area contributed by atoms with Crippen LogP contribution in [0.1, 0.15) is 41.9 Å². The fourth-order valence-corrected chi connectivity index (χ4v) is 4.02. The molecule has 3 unspecified atom stereocenters. The van der Waals surface area contributed by atoms with Gasteiger partial charge in [0.25, 0.3) is 0 Å². The van der Waals surface area contributed by atoms with Crippen molar-refractivity contribution in [2.24, 2.45) is 0 Å². The van der Waals surface area contributed by atoms with Crippen molar-refractivity contribution in [1.82, 2.24) is 16.0 Å². The maximum absolute atomic E-state index is 13.6. The fraction of sp³-hybridized carbons (Fsp3) is 0.579. The zero-order valence-corrected chi connectivity index (χ0v) is 15.7. The summed E-state index contributed by atoms with van der Waals surface area (Å²) in [5.74, 6) is -1.98. The first-order valence-electron chi connectivity index (χ1n) is 9.46. The van der Waals surface area contributed by atoms with E-state index in [0.29, 0.717) is 32.0 Å². The third kappa shape index (κ3) is 4.87. The van der Waals surface area contributed by atoms with Crippen LogP contribution in [0.2, 0.25) is 0 Å². The molecular formula is C19H20F6N4O. The highest BCUT2D eigenvalue weighted by atomic mass is 19.4. The number of benzene rings is 1. The van der Waals surface area contributed by atoms with Crippen molar-refractivity contribution in [2.75, 3.05) is 13.1 Å². The largest absolute Gasteiger partial charge is 0.417 e. The first-order chi connectivity index (χ1) is 14.0. The van der Waals surface area contributed by atoms with E-state index in [1.165, 1.54) is 6.07 Å². The van der Waals surface area contributed by atoms with Gasteiger partial charge in [0.05, 0.1) is 23.2 Å². The molecule has 2 aliphatic rings. The molecule has 0 bridgehead atoms. The lowest BCUT2D eigenvalue weighted by Crippen LogP contribution is -2.51. The average molecular weight is 434 g/mol. The second-order valence-corrected chi connectivity index (χ2v) is 7.53. The highest BCUT2D eigenvalue weighted by molar-refractivity contribution is 5.82. The molecule has 30 heavy (non-hydrogen) atoms. The Balaban J connectivity index is 1.85. The summed E-state index contributed by atoms with van der Waals surface area (Å²) >= 11 is 0. The standard InChI is InChI=1S/C19H20F6N4O/c20-18(21,22)14-7-10(1-2-11(14)9-26)13-8-15(29-16(13)19(23,24)25)17(30)28-12-3-5-27-6-4-12/h1-2,7,12-13,15-16,27,29H,3-6,8H2,(H,28,30). The van der Waals surface area contributed by atoms with Gasteiger partial charge in [-0.05, 0) is 50.0 Å². The highest BCUT2D eigenvalue weighted by Gasteiger charge is 2.52. The van der Waals surface area contributed by atoms with Crippen LogP contribution in [0.4, 0.5) is 26.3 Å². The van der Waals surface area contributed by atoms with Gasteiger partial charge in [0.1, 0.15) is 6.04 Å². The summed E-state index contributed by atoms with van der Waals surface area (Å²) < 4.78 is 80.5. The van der Waals surface area contributed by atoms with Crippen molar-refractivity contribution >= 4 is 5.91 Å². The summed E-state index contributed by atoms with van der Waals surface area (Å²) in [5.41, 5.74) is -2.17. The van der Waals surface area contributed by atoms with Crippen molar-refractivity contribution in [2.45, 2.75) is 55.7 Å². The minimum absolute atomic E-state index is 0.157. The molecule has 0 aliphatic carbocycles. The lowest BCUT2D eigenvalue weighted by molar-refractivity contribution is -0.156. The highest BCUT2D eigenvalue weighted by Crippen LogP contribution is 2.42. The van der Waals surface area contributed by atoms with Crippen molar-refractivity contribution in [3.8, 4) is 6.07 Å². The molecule has 2 heterocycles. The van der Waals surface area contributed by atoms with Gasteiger partial charge in [-0.15, -0.1) is 0 Å². The normalized spacial score (nSPS) is 25.7. The summed E-state index contributed by atoms with van der Waals surface area (Å²) in [7, 11) is 0. The molecule has 0 spiro atoms. The number of piperidine rings is 1. The van der Waals surface area contributed by atoms with Gasteiger partial charge in [0.2, 0.25) is 5.91 Å². The molecule has 2 saturated heterocycles. The molecule has 3 rings (SSSR count). The van der Waals surface area contributed by atoms with Gasteiger partial charge < -0.3 is 10.6 Å². The third-order valence-corrected chi connectivity index (χ3v) is 5.53. The van der Waals surface area contributed by atoms with Crippen molar-refractivity contribution in [1.29, 1.82) is 5.26 Å². The summed E-state index contributed by atoms with van der Waals surface area (Å²) in [6, 6.07) is 0.438. The Hall–Kier alpha value is -2.32. The molecule has 2 fully saturated rings. The number of hydrogen-bond donors (Lipinski definition) is 3. The lowest BCUT2D eigenvalue weighted by Gasteiger charge is -2.25. The van der Waals surface area contributed by atoms with Gasteiger partial charge in [-0.1, -0.05) is 6.07 Å². The number of amides is 1. The molecule has 2 aliphatic heterocycles. The number of rotatable bonds is 3. The van der Waals surface area contributed by atoms with Crippen LogP contribution in [-0.4, -0.2) is 43.3 Å². The Bertz CT molecular complexity index is 826. The molecule has 1 aromatic rings. The van der Waals surface area contributed by atoms with E-state index in [4.69, 9.17) is 5.26 Å². The topological polar surface area (TPSA) is 77.0 Å². The second-order valence-electron chi connectivity index (χ2n) is 7.53. The van der Waals surface area contributed by atoms with Crippen LogP contribution in [0.15, 0.2) is 18.2 Å². The van der Waals surface area contributed by atoms with E-state index in [1.54, 1.807) is 0 Å². The number of nitriles is 1. The monoisotopic (exact) mass is 434 g/mol. The van der Waals surface area contributed by atoms with E-state index in [1.807, 2.05) is 0 Å². The number of carbonyl (C=O) groups is 1. The zero-order valence-electron chi connectivity index (χ0n) is 15.7. The number of carbonyl (C=O) groups excluding carboxylic acids is 1. The van der Waals surface area contributed by atoms with Crippen LogP contribution >= 0.6 is 0 Å². The van der Waals surface area contributed by atoms with Crippen molar-refractivity contribution in [3.63, 3.8) is 0 Å². The van der Waals surface area contributed by atoms with Gasteiger partial charge >= 0.3 is 12.4 Å². The summed E-state index contributed by atoms with van der Waals surface area (Å²) in [4.78, 5) is 12.5. The Kier molecular flexibility index (Phi) is 6.29. The van der Waals surface area contributed by atoms with E-state index < -0.39 is 47.4 Å². The molecule has 0 saturated carbocycles. The van der Waals surface area contributed by atoms with Crippen LogP contribution in [0, 0.1) is 11.3 Å². The molecule has 1 amide bonds. The predicted molar refractivity (Wildman–Crippen MR) is 94.3 cm³/mol. The maximum Gasteiger partial charge on any atom is 0.417 e. The minimum Gasteiger partial charge on any atom is -0.352 e. The van der Waals surface area contributed by atoms with E-state index >= 15 is 0 Å². The third-order valence-electron chi connectivity index (χ3n) is 5.53. The van der Waals surface area contributed by atoms with E-state index in [0.717, 1.165) is 12.1 Å². The minimum atomic E-state index is -4.88. The molecular weight excluding hydrogens is 414 g/mol. The number of hydrogen-bond acceptors (Lipinski definition) is 4. The van der Waals surface area contributed by atoms with Crippen LogP contribution in [0.3, 0.4) is 0 Å². The molecule has 11 heteroatoms. The zero-order chi connectivity index (χ0) is 22.1. The van der Waals surface area contributed by atoms with Gasteiger partial charge in [-0.2, -0.15) is 31.6 Å². The van der Waals surface area contributed by atoms with Gasteiger partial charge in [0.15, 0.2) is 0 Å². The summed E-state index contributed by atoms with van der Waals surface area (Å²) in [6.45, 7) is 1.37. The molecule has 3 N–H and O–H groups in total. The number of nitrogens with one attached hydrogen (secondary N) is 3. The quantitative estimate of drug-likeness (QED) is 0.640. The predicted octanol–water partition coefficient (Wildman–Crippen LogP) is 2.82. The lowest BCUT2D eigenvalue weighted by atomic mass is 9.88. The van der Waals surface area contributed by atoms with Gasteiger partial charge in [-0.3, -0.25) is 10.1 Å². The maximum atomic E-state index is 13.6. The van der Waals surface area contributed by atoms with E-state index in [2.05, 4.69) is 16.0 Å². The van der Waals surface area contributed by atoms with Crippen LogP contribution in [0.5, 0.6) is 0 Å². The van der Waals surface area contributed by atoms with Crippen molar-refractivity contribution in [3.05, 3.63) is 34.9 Å². The molecule has 0 aromatic heterocycles. The Morgan fingerprint density at radius 2 is 1.80 bits per heavy atom. The van der Waals surface area contributed by atoms with Gasteiger partial charge in [0, 0.05) is 12.0 Å². The average Bonchev–Trinajstić information content (AvgIpc) is 3.14. The Morgan fingerprint density at radius 3 is 2.37 bits per heavy atom. The number of alkyl halides is 6. The molecule has 5 nitrogen and oxygen atoms in total. The van der Waals surface area contributed by atoms with Crippen LogP contribution < -0.4 is 16.0 Å². The number of nitrogens with zero attached hydrogens (tertiary/aromatic N) is 1. The summed E-state index contributed by atoms with van der Waals surface area (Å²) in [5, 5.41) is 17.0. The first kappa shape index (κ1) is 22.4. The molecule has 0 radical (unpaired) electrons. The van der Waals surface area contributed by atoms with Crippen molar-refractivity contribution < 1.29 is 31.1 Å². The molecule has 3 atom stereocenters. The van der Waals surface area contributed by atoms with Gasteiger partial charge in [-0.25, -0.2) is 0 Å². The first-order valence-corrected chi connectivity index (χ1v) is 9.46. The fourth-order valence-electron chi connectivity index (χ4n) is 4.02. The number of halogens is 6. The van der Waals surface area contributed by atoms with E-state index in [-0.39, 0.29) is 18.0 Å². The SMILES string of the molecule is N#Cc1ccc(C2CC(C(=O)NC3CCNCC3)NC2C(F)(F)F)cc1C(F)(F)F. The molecule has 164 valence electrons. The van der Waals surface area contributed by atoms with Crippen LogP contribution in [-0.2, 0) is 11.0 Å². The smallest absolute Gasteiger partial charge is 0.352 e. The Morgan fingerprint density at radius 1 is 1.13 bits per heavy atom. The summed E-state index contributed by atoms with van der Waals surface area (Å²) in [6.07, 6.45) is -8.65. The van der Waals surface area contributed by atoms with E-state index in [9.17, 15) is 31.1 Å². The Labute approximate surface area is 168 Å².